The van der Waals surface area contributed by atoms with Crippen LogP contribution in [-0.4, -0.2) is 53.5 Å². The highest BCUT2D eigenvalue weighted by atomic mass is 16.3. The maximum Gasteiger partial charge on any atom is 0.255 e. The van der Waals surface area contributed by atoms with E-state index in [0.29, 0.717) is 29.2 Å². The molecule has 0 fully saturated rings. The number of nitrogens with one attached hydrogen (secondary N) is 2. The van der Waals surface area contributed by atoms with E-state index >= 15 is 0 Å². The number of aliphatic hydroxyl groups is 1. The van der Waals surface area contributed by atoms with Gasteiger partial charge in [-0.05, 0) is 49.2 Å². The largest absolute Gasteiger partial charge is 0.397 e. The molecule has 0 bridgehead atoms. The Morgan fingerprint density at radius 2 is 1.97 bits per heavy atom. The number of carbonyl (C=O) groups is 2. The number of carbonyl (C=O) groups excluding carboxylic acids is 2. The minimum absolute atomic E-state index is 0.206. The Morgan fingerprint density at radius 1 is 1.24 bits per heavy atom. The van der Waals surface area contributed by atoms with Crippen molar-refractivity contribution in [2.45, 2.75) is 26.0 Å². The maximum atomic E-state index is 12.6. The zero-order valence-corrected chi connectivity index (χ0v) is 19.0. The number of amides is 2. The molecule has 2 aromatic rings. The summed E-state index contributed by atoms with van der Waals surface area (Å²) in [6.45, 7) is 3.16. The van der Waals surface area contributed by atoms with Gasteiger partial charge in [-0.25, -0.2) is 0 Å². The van der Waals surface area contributed by atoms with E-state index in [4.69, 9.17) is 5.73 Å². The lowest BCUT2D eigenvalue weighted by atomic mass is 10.1. The van der Waals surface area contributed by atoms with Gasteiger partial charge in [0.05, 0.1) is 29.7 Å². The lowest BCUT2D eigenvalue weighted by molar-refractivity contribution is -0.117. The van der Waals surface area contributed by atoms with Gasteiger partial charge in [0.2, 0.25) is 6.41 Å². The summed E-state index contributed by atoms with van der Waals surface area (Å²) in [7, 11) is 1.94. The van der Waals surface area contributed by atoms with Crippen LogP contribution in [-0.2, 0) is 11.3 Å². The average molecular weight is 450 g/mol. The second-order valence-corrected chi connectivity index (χ2v) is 8.05. The molecule has 3 rings (SSSR count). The van der Waals surface area contributed by atoms with Crippen molar-refractivity contribution in [1.82, 2.24) is 15.1 Å². The van der Waals surface area contributed by atoms with Gasteiger partial charge >= 0.3 is 0 Å². The Bertz CT molecular complexity index is 1030. The minimum Gasteiger partial charge on any atom is -0.397 e. The average Bonchev–Trinajstić information content (AvgIpc) is 3.05. The van der Waals surface area contributed by atoms with Crippen LogP contribution >= 0.6 is 0 Å². The number of hydrogen-bond acceptors (Lipinski definition) is 6. The number of allylic oxidation sites excluding steroid dienone is 1. The smallest absolute Gasteiger partial charge is 0.255 e. The number of para-hydroxylation sites is 2. The predicted molar refractivity (Wildman–Crippen MR) is 130 cm³/mol. The number of nitrogens with zero attached hydrogens (tertiary/aromatic N) is 2. The standard InChI is InChI=1S/C25H31N5O3/c1-18(32)15-30(17-31)23-9-5-6-14-27-24(23)29(2)16-19-10-12-20(13-11-19)25(33)28-22-8-4-3-7-21(22)26/h3-5,7-13,17-18,27,32H,6,14-16,26H2,1-2H3,(H,28,33). The van der Waals surface area contributed by atoms with Gasteiger partial charge < -0.3 is 31.3 Å². The van der Waals surface area contributed by atoms with Gasteiger partial charge in [0, 0.05) is 25.7 Å². The number of hydrogen-bond donors (Lipinski definition) is 4. The molecular weight excluding hydrogens is 418 g/mol. The Kier molecular flexibility index (Phi) is 8.10. The van der Waals surface area contributed by atoms with E-state index in [1.807, 2.05) is 48.4 Å². The molecule has 0 radical (unpaired) electrons. The molecule has 0 aliphatic carbocycles. The minimum atomic E-state index is -0.643. The van der Waals surface area contributed by atoms with E-state index in [2.05, 4.69) is 10.6 Å². The second kappa shape index (κ2) is 11.2. The zero-order chi connectivity index (χ0) is 23.8. The summed E-state index contributed by atoms with van der Waals surface area (Å²) in [5, 5.41) is 16.0. The maximum absolute atomic E-state index is 12.6. The van der Waals surface area contributed by atoms with Gasteiger partial charge in [-0.1, -0.05) is 30.3 Å². The number of aliphatic hydroxyl groups excluding tert-OH is 1. The number of benzene rings is 2. The normalized spacial score (nSPS) is 14.2. The highest BCUT2D eigenvalue weighted by Crippen LogP contribution is 2.20. The van der Waals surface area contributed by atoms with Crippen molar-refractivity contribution in [3.8, 4) is 0 Å². The van der Waals surface area contributed by atoms with Gasteiger partial charge in [-0.2, -0.15) is 0 Å². The van der Waals surface area contributed by atoms with Gasteiger partial charge in [-0.15, -0.1) is 0 Å². The predicted octanol–water partition coefficient (Wildman–Crippen LogP) is 2.51. The number of rotatable bonds is 9. The van der Waals surface area contributed by atoms with Crippen LogP contribution in [0.4, 0.5) is 11.4 Å². The molecule has 8 heteroatoms. The van der Waals surface area contributed by atoms with Gasteiger partial charge in [0.15, 0.2) is 0 Å². The molecule has 8 nitrogen and oxygen atoms in total. The summed E-state index contributed by atoms with van der Waals surface area (Å²) in [4.78, 5) is 27.8. The first-order valence-corrected chi connectivity index (χ1v) is 10.9. The van der Waals surface area contributed by atoms with Crippen LogP contribution in [0.15, 0.2) is 72.2 Å². The van der Waals surface area contributed by atoms with Crippen molar-refractivity contribution in [2.24, 2.45) is 0 Å². The van der Waals surface area contributed by atoms with Gasteiger partial charge in [0.25, 0.3) is 5.91 Å². The van der Waals surface area contributed by atoms with E-state index in [1.165, 1.54) is 4.90 Å². The summed E-state index contributed by atoms with van der Waals surface area (Å²) in [6, 6.07) is 14.5. The highest BCUT2D eigenvalue weighted by molar-refractivity contribution is 6.05. The van der Waals surface area contributed by atoms with E-state index in [1.54, 1.807) is 31.2 Å². The molecule has 2 amide bonds. The van der Waals surface area contributed by atoms with Crippen LogP contribution in [0.25, 0.3) is 0 Å². The third kappa shape index (κ3) is 6.36. The quantitative estimate of drug-likeness (QED) is 0.346. The van der Waals surface area contributed by atoms with Crippen molar-refractivity contribution in [2.75, 3.05) is 31.2 Å². The molecule has 0 aromatic heterocycles. The molecule has 1 aliphatic heterocycles. The Hall–Kier alpha value is -3.78. The highest BCUT2D eigenvalue weighted by Gasteiger charge is 2.19. The summed E-state index contributed by atoms with van der Waals surface area (Å²) < 4.78 is 0. The molecule has 33 heavy (non-hydrogen) atoms. The van der Waals surface area contributed by atoms with Crippen LogP contribution in [0.5, 0.6) is 0 Å². The lowest BCUT2D eigenvalue weighted by Crippen LogP contribution is -2.36. The summed E-state index contributed by atoms with van der Waals surface area (Å²) in [6.07, 6.45) is 4.84. The summed E-state index contributed by atoms with van der Waals surface area (Å²) >= 11 is 0. The molecular formula is C25H31N5O3. The van der Waals surface area contributed by atoms with Crippen molar-refractivity contribution < 1.29 is 14.7 Å². The van der Waals surface area contributed by atoms with Gasteiger partial charge in [0.1, 0.15) is 5.82 Å². The summed E-state index contributed by atoms with van der Waals surface area (Å²) in [5.74, 6) is 0.575. The van der Waals surface area contributed by atoms with Crippen molar-refractivity contribution in [3.05, 3.63) is 83.3 Å². The van der Waals surface area contributed by atoms with E-state index < -0.39 is 6.10 Å². The fourth-order valence-corrected chi connectivity index (χ4v) is 3.60. The number of anilines is 2. The molecule has 0 spiro atoms. The Morgan fingerprint density at radius 3 is 2.64 bits per heavy atom. The first kappa shape index (κ1) is 23.9. The number of nitrogen functional groups attached to an aromatic ring is 1. The molecule has 174 valence electrons. The summed E-state index contributed by atoms with van der Waals surface area (Å²) in [5.41, 5.74) is 9.24. The molecule has 5 N–H and O–H groups in total. The molecule has 2 aromatic carbocycles. The zero-order valence-electron chi connectivity index (χ0n) is 19.0. The fraction of sp³-hybridized carbons (Fsp3) is 0.280. The third-order valence-electron chi connectivity index (χ3n) is 5.25. The Labute approximate surface area is 194 Å². The van der Waals surface area contributed by atoms with Crippen LogP contribution in [0.3, 0.4) is 0 Å². The van der Waals surface area contributed by atoms with Gasteiger partial charge in [-0.3, -0.25) is 9.59 Å². The van der Waals surface area contributed by atoms with Crippen LogP contribution < -0.4 is 16.4 Å². The fourth-order valence-electron chi connectivity index (χ4n) is 3.60. The topological polar surface area (TPSA) is 111 Å². The number of nitrogens with two attached hydrogens (primary N) is 1. The first-order valence-electron chi connectivity index (χ1n) is 10.9. The van der Waals surface area contributed by atoms with E-state index in [0.717, 1.165) is 30.8 Å². The molecule has 1 atom stereocenters. The molecule has 0 saturated carbocycles. The van der Waals surface area contributed by atoms with Crippen molar-refractivity contribution in [1.29, 1.82) is 0 Å². The SMILES string of the molecule is CC(O)CN(C=O)C1=C(N(C)Cc2ccc(C(=O)Nc3ccccc3N)cc2)NCCC=C1. The molecule has 0 saturated heterocycles. The third-order valence-corrected chi connectivity index (χ3v) is 5.25. The van der Waals surface area contributed by atoms with Crippen LogP contribution in [0, 0.1) is 0 Å². The first-order chi connectivity index (χ1) is 15.9. The van der Waals surface area contributed by atoms with E-state index in [9.17, 15) is 14.7 Å². The molecule has 1 aliphatic rings. The van der Waals surface area contributed by atoms with Crippen molar-refractivity contribution >= 4 is 23.7 Å². The lowest BCUT2D eigenvalue weighted by Gasteiger charge is -2.29. The van der Waals surface area contributed by atoms with E-state index in [-0.39, 0.29) is 12.5 Å². The van der Waals surface area contributed by atoms with Crippen LogP contribution in [0.1, 0.15) is 29.3 Å². The van der Waals surface area contributed by atoms with Crippen molar-refractivity contribution in [3.63, 3.8) is 0 Å². The second-order valence-electron chi connectivity index (χ2n) is 8.05. The monoisotopic (exact) mass is 449 g/mol. The van der Waals surface area contributed by atoms with Crippen LogP contribution in [0.2, 0.25) is 0 Å². The molecule has 1 unspecified atom stereocenters. The Balaban J connectivity index is 1.73. The molecule has 1 heterocycles.